The number of esters is 1. The molecule has 0 N–H and O–H groups in total. The third kappa shape index (κ3) is 3.47. The molecule has 4 nitrogen and oxygen atoms in total. The zero-order chi connectivity index (χ0) is 17.1. The van der Waals surface area contributed by atoms with E-state index in [-0.39, 0.29) is 5.97 Å². The fourth-order valence-electron chi connectivity index (χ4n) is 3.70. The second-order valence-corrected chi connectivity index (χ2v) is 7.20. The van der Waals surface area contributed by atoms with Gasteiger partial charge in [-0.1, -0.05) is 46.0 Å². The number of benzene rings is 1. The molecule has 0 bridgehead atoms. The van der Waals surface area contributed by atoms with E-state index in [0.717, 1.165) is 36.3 Å². The van der Waals surface area contributed by atoms with Gasteiger partial charge in [0.05, 0.1) is 23.7 Å². The van der Waals surface area contributed by atoms with Crippen molar-refractivity contribution in [1.29, 1.82) is 0 Å². The Hall–Kier alpha value is -1.84. The van der Waals surface area contributed by atoms with Crippen molar-refractivity contribution < 1.29 is 9.53 Å². The lowest BCUT2D eigenvalue weighted by molar-refractivity contribution is 0.0601. The van der Waals surface area contributed by atoms with Crippen LogP contribution in [0.5, 0.6) is 0 Å². The molecule has 1 aliphatic rings. The summed E-state index contributed by atoms with van der Waals surface area (Å²) in [6.07, 6.45) is 7.55. The van der Waals surface area contributed by atoms with Crippen molar-refractivity contribution in [2.24, 2.45) is 11.8 Å². The van der Waals surface area contributed by atoms with Crippen molar-refractivity contribution in [2.45, 2.75) is 58.9 Å². The van der Waals surface area contributed by atoms with Crippen molar-refractivity contribution in [3.05, 3.63) is 29.6 Å². The Balaban J connectivity index is 1.99. The van der Waals surface area contributed by atoms with E-state index in [4.69, 9.17) is 9.72 Å². The van der Waals surface area contributed by atoms with Gasteiger partial charge in [-0.15, -0.1) is 0 Å². The van der Waals surface area contributed by atoms with E-state index in [1.165, 1.54) is 38.6 Å². The second kappa shape index (κ2) is 7.37. The lowest BCUT2D eigenvalue weighted by Crippen LogP contribution is -2.13. The van der Waals surface area contributed by atoms with E-state index in [1.807, 2.05) is 18.2 Å². The van der Waals surface area contributed by atoms with Gasteiger partial charge in [0.15, 0.2) is 0 Å². The molecular weight excluding hydrogens is 300 g/mol. The minimum Gasteiger partial charge on any atom is -0.465 e. The molecule has 0 saturated heterocycles. The van der Waals surface area contributed by atoms with Crippen LogP contribution in [0.15, 0.2) is 18.2 Å². The van der Waals surface area contributed by atoms with Crippen LogP contribution in [0.25, 0.3) is 11.0 Å². The molecule has 4 heteroatoms. The van der Waals surface area contributed by atoms with Crippen molar-refractivity contribution in [3.8, 4) is 0 Å². The minimum atomic E-state index is -0.300. The Morgan fingerprint density at radius 3 is 2.79 bits per heavy atom. The monoisotopic (exact) mass is 328 g/mol. The first-order valence-electron chi connectivity index (χ1n) is 9.19. The first kappa shape index (κ1) is 17.0. The van der Waals surface area contributed by atoms with Crippen LogP contribution in [0.1, 0.15) is 62.1 Å². The van der Waals surface area contributed by atoms with Crippen LogP contribution in [0.4, 0.5) is 0 Å². The van der Waals surface area contributed by atoms with Gasteiger partial charge < -0.3 is 9.30 Å². The van der Waals surface area contributed by atoms with Gasteiger partial charge in [-0.2, -0.15) is 0 Å². The second-order valence-electron chi connectivity index (χ2n) is 7.20. The van der Waals surface area contributed by atoms with Gasteiger partial charge in [-0.3, -0.25) is 0 Å². The molecule has 130 valence electrons. The fraction of sp³-hybridized carbons (Fsp3) is 0.600. The highest BCUT2D eigenvalue weighted by Gasteiger charge is 2.21. The predicted octanol–water partition coefficient (Wildman–Crippen LogP) is 4.60. The summed E-state index contributed by atoms with van der Waals surface area (Å²) in [6, 6.07) is 5.74. The zero-order valence-electron chi connectivity index (χ0n) is 15.0. The smallest absolute Gasteiger partial charge is 0.337 e. The molecule has 0 aliphatic heterocycles. The summed E-state index contributed by atoms with van der Waals surface area (Å²) in [6.45, 7) is 5.51. The maximum atomic E-state index is 11.8. The lowest BCUT2D eigenvalue weighted by Gasteiger charge is -2.15. The topological polar surface area (TPSA) is 44.1 Å². The molecular formula is C20H28N2O2. The molecule has 0 radical (unpaired) electrons. The number of hydrogen-bond acceptors (Lipinski definition) is 3. The van der Waals surface area contributed by atoms with Crippen LogP contribution < -0.4 is 0 Å². The SMILES string of the molecule is CCC(C)Cn1c(CC2CCCC2)nc2cc(C(=O)OC)ccc21. The molecule has 2 aromatic rings. The first-order chi connectivity index (χ1) is 11.6. The number of ether oxygens (including phenoxy) is 1. The Kier molecular flexibility index (Phi) is 5.22. The van der Waals surface area contributed by atoms with Crippen LogP contribution in [-0.2, 0) is 17.7 Å². The largest absolute Gasteiger partial charge is 0.465 e. The Bertz CT molecular complexity index is 714. The summed E-state index contributed by atoms with van der Waals surface area (Å²) in [5.41, 5.74) is 2.62. The molecule has 0 spiro atoms. The standard InChI is InChI=1S/C20H28N2O2/c1-4-14(2)13-22-18-10-9-16(20(23)24-3)12-17(18)21-19(22)11-15-7-5-6-8-15/h9-10,12,14-15H,4-8,11,13H2,1-3H3. The minimum absolute atomic E-state index is 0.300. The highest BCUT2D eigenvalue weighted by atomic mass is 16.5. The van der Waals surface area contributed by atoms with Crippen molar-refractivity contribution >= 4 is 17.0 Å². The van der Waals surface area contributed by atoms with Gasteiger partial charge in [0.2, 0.25) is 0 Å². The average Bonchev–Trinajstić information content (AvgIpc) is 3.22. The summed E-state index contributed by atoms with van der Waals surface area (Å²) >= 11 is 0. The molecule has 1 aromatic heterocycles. The maximum Gasteiger partial charge on any atom is 0.337 e. The summed E-state index contributed by atoms with van der Waals surface area (Å²) in [4.78, 5) is 16.7. The van der Waals surface area contributed by atoms with Gasteiger partial charge in [0, 0.05) is 13.0 Å². The van der Waals surface area contributed by atoms with Crippen LogP contribution in [0.2, 0.25) is 0 Å². The Morgan fingerprint density at radius 1 is 1.38 bits per heavy atom. The average molecular weight is 328 g/mol. The molecule has 1 fully saturated rings. The zero-order valence-corrected chi connectivity index (χ0v) is 15.0. The summed E-state index contributed by atoms with van der Waals surface area (Å²) in [5.74, 6) is 2.26. The number of fused-ring (bicyclic) bond motifs is 1. The molecule has 0 amide bonds. The van der Waals surface area contributed by atoms with Crippen LogP contribution in [0, 0.1) is 11.8 Å². The molecule has 3 rings (SSSR count). The van der Waals surface area contributed by atoms with E-state index >= 15 is 0 Å². The third-order valence-corrected chi connectivity index (χ3v) is 5.39. The highest BCUT2D eigenvalue weighted by Crippen LogP contribution is 2.30. The van der Waals surface area contributed by atoms with Crippen molar-refractivity contribution in [3.63, 3.8) is 0 Å². The molecule has 1 atom stereocenters. The molecule has 1 unspecified atom stereocenters. The number of rotatable bonds is 6. The van der Waals surface area contributed by atoms with E-state index in [0.29, 0.717) is 11.5 Å². The fourth-order valence-corrected chi connectivity index (χ4v) is 3.70. The number of methoxy groups -OCH3 is 1. The predicted molar refractivity (Wildman–Crippen MR) is 96.2 cm³/mol. The lowest BCUT2D eigenvalue weighted by atomic mass is 10.0. The summed E-state index contributed by atoms with van der Waals surface area (Å²) in [7, 11) is 1.42. The Morgan fingerprint density at radius 2 is 2.12 bits per heavy atom. The normalized spacial score (nSPS) is 16.6. The van der Waals surface area contributed by atoms with E-state index in [2.05, 4.69) is 18.4 Å². The third-order valence-electron chi connectivity index (χ3n) is 5.39. The van der Waals surface area contributed by atoms with Gasteiger partial charge in [0.1, 0.15) is 5.82 Å². The molecule has 1 aliphatic carbocycles. The number of carbonyl (C=O) groups excluding carboxylic acids is 1. The molecule has 24 heavy (non-hydrogen) atoms. The molecule has 1 saturated carbocycles. The summed E-state index contributed by atoms with van der Waals surface area (Å²) < 4.78 is 7.22. The number of hydrogen-bond donors (Lipinski definition) is 0. The van der Waals surface area contributed by atoms with Gasteiger partial charge in [0.25, 0.3) is 0 Å². The van der Waals surface area contributed by atoms with E-state index in [9.17, 15) is 4.79 Å². The van der Waals surface area contributed by atoms with E-state index < -0.39 is 0 Å². The first-order valence-corrected chi connectivity index (χ1v) is 9.19. The van der Waals surface area contributed by atoms with E-state index in [1.54, 1.807) is 0 Å². The van der Waals surface area contributed by atoms with Gasteiger partial charge >= 0.3 is 5.97 Å². The summed E-state index contributed by atoms with van der Waals surface area (Å²) in [5, 5.41) is 0. The molecule has 1 heterocycles. The van der Waals surface area contributed by atoms with Crippen LogP contribution in [-0.4, -0.2) is 22.6 Å². The van der Waals surface area contributed by atoms with Crippen LogP contribution in [0.3, 0.4) is 0 Å². The number of nitrogens with zero attached hydrogens (tertiary/aromatic N) is 2. The van der Waals surface area contributed by atoms with Gasteiger partial charge in [-0.05, 0) is 30.0 Å². The van der Waals surface area contributed by atoms with Gasteiger partial charge in [-0.25, -0.2) is 9.78 Å². The maximum absolute atomic E-state index is 11.8. The van der Waals surface area contributed by atoms with Crippen molar-refractivity contribution in [1.82, 2.24) is 9.55 Å². The van der Waals surface area contributed by atoms with Crippen LogP contribution >= 0.6 is 0 Å². The highest BCUT2D eigenvalue weighted by molar-refractivity contribution is 5.93. The number of aromatic nitrogens is 2. The number of imidazole rings is 1. The van der Waals surface area contributed by atoms with Crippen molar-refractivity contribution in [2.75, 3.05) is 7.11 Å². The Labute approximate surface area is 144 Å². The number of carbonyl (C=O) groups is 1. The molecule has 1 aromatic carbocycles. The quantitative estimate of drug-likeness (QED) is 0.728.